The van der Waals surface area contributed by atoms with Crippen molar-refractivity contribution in [3.05, 3.63) is 80.4 Å². The van der Waals surface area contributed by atoms with Gasteiger partial charge < -0.3 is 9.73 Å². The quantitative estimate of drug-likeness (QED) is 0.649. The number of hydrogen-bond donors (Lipinski definition) is 2. The van der Waals surface area contributed by atoms with Crippen LogP contribution in [0.3, 0.4) is 0 Å². The number of amides is 1. The van der Waals surface area contributed by atoms with Gasteiger partial charge in [-0.1, -0.05) is 6.92 Å². The van der Waals surface area contributed by atoms with Crippen molar-refractivity contribution in [2.75, 3.05) is 6.54 Å². The summed E-state index contributed by atoms with van der Waals surface area (Å²) in [6.45, 7) is 6.91. The molecule has 0 unspecified atom stereocenters. The van der Waals surface area contributed by atoms with E-state index in [1.165, 1.54) is 23.3 Å². The van der Waals surface area contributed by atoms with Crippen molar-refractivity contribution in [1.29, 1.82) is 0 Å². The third-order valence-electron chi connectivity index (χ3n) is 5.46. The summed E-state index contributed by atoms with van der Waals surface area (Å²) < 4.78 is 5.85. The molecule has 1 aliphatic rings. The van der Waals surface area contributed by atoms with E-state index in [0.29, 0.717) is 6.54 Å². The molecule has 0 saturated heterocycles. The van der Waals surface area contributed by atoms with Crippen LogP contribution in [-0.4, -0.2) is 32.5 Å². The van der Waals surface area contributed by atoms with Gasteiger partial charge >= 0.3 is 0 Å². The van der Waals surface area contributed by atoms with Crippen LogP contribution in [0.4, 0.5) is 0 Å². The molecule has 4 heterocycles. The summed E-state index contributed by atoms with van der Waals surface area (Å²) in [6, 6.07) is 6.79. The maximum absolute atomic E-state index is 12.4. The summed E-state index contributed by atoms with van der Waals surface area (Å²) >= 11 is 0. The fourth-order valence-electron chi connectivity index (χ4n) is 3.80. The van der Waals surface area contributed by atoms with Gasteiger partial charge in [0.25, 0.3) is 11.5 Å². The second kappa shape index (κ2) is 8.62. The van der Waals surface area contributed by atoms with E-state index in [1.807, 2.05) is 25.3 Å². The molecule has 8 heteroatoms. The van der Waals surface area contributed by atoms with E-state index in [1.54, 1.807) is 0 Å². The van der Waals surface area contributed by atoms with Crippen LogP contribution >= 0.6 is 0 Å². The van der Waals surface area contributed by atoms with E-state index in [4.69, 9.17) is 4.42 Å². The number of hydrogen-bond acceptors (Lipinski definition) is 6. The highest BCUT2D eigenvalue weighted by molar-refractivity contribution is 5.91. The third-order valence-corrected chi connectivity index (χ3v) is 5.46. The molecule has 0 bridgehead atoms. The molecule has 1 aliphatic heterocycles. The first-order chi connectivity index (χ1) is 14.5. The van der Waals surface area contributed by atoms with Crippen molar-refractivity contribution in [2.45, 2.75) is 46.3 Å². The zero-order valence-corrected chi connectivity index (χ0v) is 17.2. The minimum Gasteiger partial charge on any atom is -0.465 e. The second-order valence-corrected chi connectivity index (χ2v) is 7.50. The van der Waals surface area contributed by atoms with E-state index in [2.05, 4.69) is 32.3 Å². The number of aromatic amines is 1. The number of H-pyrrole nitrogens is 1. The average Bonchev–Trinajstić information content (AvgIpc) is 3.21. The molecule has 0 spiro atoms. The van der Waals surface area contributed by atoms with Gasteiger partial charge in [-0.05, 0) is 48.2 Å². The lowest BCUT2D eigenvalue weighted by Crippen LogP contribution is -2.32. The summed E-state index contributed by atoms with van der Waals surface area (Å²) in [5, 5.41) is 8.95. The molecule has 2 N–H and O–H groups in total. The normalized spacial score (nSPS) is 13.8. The molecular weight excluding hydrogens is 382 g/mol. The lowest BCUT2D eigenvalue weighted by molar-refractivity contribution is 0.0944. The van der Waals surface area contributed by atoms with Crippen LogP contribution in [0.5, 0.6) is 0 Å². The Morgan fingerprint density at radius 1 is 1.27 bits per heavy atom. The van der Waals surface area contributed by atoms with E-state index >= 15 is 0 Å². The van der Waals surface area contributed by atoms with Gasteiger partial charge in [0.15, 0.2) is 0 Å². The Labute approximate surface area is 174 Å². The number of nitrogens with zero attached hydrogens (tertiary/aromatic N) is 3. The summed E-state index contributed by atoms with van der Waals surface area (Å²) in [5.74, 6) is 1.66. The zero-order chi connectivity index (χ0) is 21.1. The Morgan fingerprint density at radius 3 is 2.83 bits per heavy atom. The molecule has 0 radical (unpaired) electrons. The number of fused-ring (bicyclic) bond motifs is 1. The van der Waals surface area contributed by atoms with Gasteiger partial charge in [-0.3, -0.25) is 19.5 Å². The number of rotatable bonds is 6. The van der Waals surface area contributed by atoms with E-state index < -0.39 is 0 Å². The SMILES string of the molecule is CCc1ccc(CN2CCc3c(cnc(C)c3CNC(=O)c3ccc(=O)[nH]n3)C2)o1. The number of aromatic nitrogens is 3. The van der Waals surface area contributed by atoms with Crippen LogP contribution in [0.1, 0.15) is 51.3 Å². The second-order valence-electron chi connectivity index (χ2n) is 7.50. The maximum Gasteiger partial charge on any atom is 0.271 e. The van der Waals surface area contributed by atoms with Gasteiger partial charge in [-0.2, -0.15) is 5.10 Å². The number of furan rings is 1. The number of aryl methyl sites for hydroxylation is 2. The van der Waals surface area contributed by atoms with Crippen LogP contribution in [0.2, 0.25) is 0 Å². The van der Waals surface area contributed by atoms with Crippen molar-refractivity contribution in [1.82, 2.24) is 25.4 Å². The van der Waals surface area contributed by atoms with Crippen LogP contribution in [0.15, 0.2) is 39.7 Å². The van der Waals surface area contributed by atoms with Crippen molar-refractivity contribution in [3.8, 4) is 0 Å². The van der Waals surface area contributed by atoms with Gasteiger partial charge in [0.2, 0.25) is 0 Å². The summed E-state index contributed by atoms with van der Waals surface area (Å²) in [4.78, 5) is 30.4. The summed E-state index contributed by atoms with van der Waals surface area (Å²) in [7, 11) is 0. The van der Waals surface area contributed by atoms with Gasteiger partial charge in [-0.15, -0.1) is 0 Å². The molecule has 0 aromatic carbocycles. The van der Waals surface area contributed by atoms with Crippen LogP contribution in [0.25, 0.3) is 0 Å². The average molecular weight is 407 g/mol. The number of carbonyl (C=O) groups excluding carboxylic acids is 1. The highest BCUT2D eigenvalue weighted by Gasteiger charge is 2.22. The lowest BCUT2D eigenvalue weighted by Gasteiger charge is -2.29. The minimum atomic E-state index is -0.339. The molecule has 0 fully saturated rings. The number of carbonyl (C=O) groups is 1. The van der Waals surface area contributed by atoms with E-state index in [-0.39, 0.29) is 17.2 Å². The van der Waals surface area contributed by atoms with Crippen molar-refractivity contribution < 1.29 is 9.21 Å². The molecule has 3 aromatic rings. The predicted molar refractivity (Wildman–Crippen MR) is 111 cm³/mol. The molecule has 8 nitrogen and oxygen atoms in total. The molecule has 30 heavy (non-hydrogen) atoms. The van der Waals surface area contributed by atoms with Crippen molar-refractivity contribution in [3.63, 3.8) is 0 Å². The molecule has 156 valence electrons. The Balaban J connectivity index is 1.45. The van der Waals surface area contributed by atoms with Crippen LogP contribution in [0, 0.1) is 6.92 Å². The number of nitrogens with one attached hydrogen (secondary N) is 2. The van der Waals surface area contributed by atoms with Gasteiger partial charge in [0, 0.05) is 44.0 Å². The van der Waals surface area contributed by atoms with Gasteiger partial charge in [-0.25, -0.2) is 5.10 Å². The highest BCUT2D eigenvalue weighted by Crippen LogP contribution is 2.25. The van der Waals surface area contributed by atoms with Crippen LogP contribution < -0.4 is 10.9 Å². The first-order valence-electron chi connectivity index (χ1n) is 10.1. The predicted octanol–water partition coefficient (Wildman–Crippen LogP) is 2.12. The fourth-order valence-corrected chi connectivity index (χ4v) is 3.80. The Bertz CT molecular complexity index is 1100. The Hall–Kier alpha value is -3.26. The van der Waals surface area contributed by atoms with Crippen LogP contribution in [-0.2, 0) is 32.5 Å². The Morgan fingerprint density at radius 2 is 2.10 bits per heavy atom. The van der Waals surface area contributed by atoms with Gasteiger partial charge in [0.05, 0.1) is 6.54 Å². The molecular formula is C22H25N5O3. The largest absolute Gasteiger partial charge is 0.465 e. The standard InChI is InChI=1S/C22H25N5O3/c1-3-16-4-5-17(30-16)13-27-9-8-18-15(12-27)10-23-14(2)19(18)11-24-22(29)20-6-7-21(28)26-25-20/h4-7,10H,3,8-9,11-13H2,1-2H3,(H,24,29)(H,26,28). The summed E-state index contributed by atoms with van der Waals surface area (Å²) in [5.41, 5.74) is 4.24. The monoisotopic (exact) mass is 407 g/mol. The topological polar surface area (TPSA) is 104 Å². The zero-order valence-electron chi connectivity index (χ0n) is 17.2. The van der Waals surface area contributed by atoms with Crippen molar-refractivity contribution >= 4 is 5.91 Å². The Kier molecular flexibility index (Phi) is 5.76. The fraction of sp³-hybridized carbons (Fsp3) is 0.364. The van der Waals surface area contributed by atoms with Crippen molar-refractivity contribution in [2.24, 2.45) is 0 Å². The minimum absolute atomic E-state index is 0.182. The maximum atomic E-state index is 12.4. The molecule has 3 aromatic heterocycles. The molecule has 0 saturated carbocycles. The van der Waals surface area contributed by atoms with E-state index in [0.717, 1.165) is 55.3 Å². The molecule has 0 atom stereocenters. The summed E-state index contributed by atoms with van der Waals surface area (Å²) in [6.07, 6.45) is 3.73. The molecule has 4 rings (SSSR count). The lowest BCUT2D eigenvalue weighted by atomic mass is 9.95. The van der Waals surface area contributed by atoms with Gasteiger partial charge in [0.1, 0.15) is 17.2 Å². The number of pyridine rings is 1. The third kappa shape index (κ3) is 4.33. The van der Waals surface area contributed by atoms with E-state index in [9.17, 15) is 9.59 Å². The highest BCUT2D eigenvalue weighted by atomic mass is 16.3. The molecule has 0 aliphatic carbocycles. The first-order valence-corrected chi connectivity index (χ1v) is 10.1. The first kappa shape index (κ1) is 20.0. The molecule has 1 amide bonds. The smallest absolute Gasteiger partial charge is 0.271 e.